The molecule has 2 aliphatic heterocycles. The number of rotatable bonds is 7. The third kappa shape index (κ3) is 9.38. The molecular weight excluding hydrogens is 561 g/mol. The van der Waals surface area contributed by atoms with Crippen LogP contribution in [0.25, 0.3) is 0 Å². The number of carbonyl (C=O) groups is 1. The Hall–Kier alpha value is -3.27. The highest BCUT2D eigenvalue weighted by Gasteiger charge is 2.22. The number of halogens is 2. The van der Waals surface area contributed by atoms with E-state index >= 15 is 0 Å². The molecule has 41 heavy (non-hydrogen) atoms. The van der Waals surface area contributed by atoms with Gasteiger partial charge >= 0.3 is 0 Å². The molecule has 4 rings (SSSR count). The number of ether oxygens (including phenoxy) is 1. The molecule has 0 saturated carbocycles. The minimum absolute atomic E-state index is 0.0111. The Morgan fingerprint density at radius 2 is 1.73 bits per heavy atom. The summed E-state index contributed by atoms with van der Waals surface area (Å²) in [6.07, 6.45) is 1.77. The fraction of sp³-hybridized carbons (Fsp3) is 0.433. The van der Waals surface area contributed by atoms with Crippen LogP contribution in [0.1, 0.15) is 43.6 Å². The molecule has 0 radical (unpaired) electrons. The number of piperazine rings is 1. The fourth-order valence-corrected chi connectivity index (χ4v) is 4.74. The van der Waals surface area contributed by atoms with Gasteiger partial charge in [0.05, 0.1) is 18.5 Å². The maximum Gasteiger partial charge on any atom is 0.254 e. The van der Waals surface area contributed by atoms with E-state index in [1.165, 1.54) is 0 Å². The summed E-state index contributed by atoms with van der Waals surface area (Å²) in [4.78, 5) is 19.1. The normalized spacial score (nSPS) is 15.7. The highest BCUT2D eigenvalue weighted by atomic mass is 35.5. The molecule has 0 aliphatic carbocycles. The summed E-state index contributed by atoms with van der Waals surface area (Å²) in [5, 5.41) is 7.60. The van der Waals surface area contributed by atoms with E-state index in [4.69, 9.17) is 39.4 Å². The maximum atomic E-state index is 13.0. The predicted molar refractivity (Wildman–Crippen MR) is 171 cm³/mol. The fourth-order valence-electron chi connectivity index (χ4n) is 4.37. The monoisotopic (exact) mass is 605 g/mol. The summed E-state index contributed by atoms with van der Waals surface area (Å²) < 4.78 is 5.57. The van der Waals surface area contributed by atoms with Crippen molar-refractivity contribution < 1.29 is 9.53 Å². The van der Waals surface area contributed by atoms with Crippen molar-refractivity contribution >= 4 is 34.8 Å². The van der Waals surface area contributed by atoms with Crippen molar-refractivity contribution in [2.45, 2.75) is 34.2 Å². The van der Waals surface area contributed by atoms with Gasteiger partial charge in [-0.15, -0.1) is 0 Å². The van der Waals surface area contributed by atoms with Gasteiger partial charge in [-0.2, -0.15) is 0 Å². The molecule has 1 amide bonds. The second kappa shape index (κ2) is 16.9. The molecule has 2 aliphatic rings. The van der Waals surface area contributed by atoms with Crippen LogP contribution in [0, 0.1) is 0 Å². The van der Waals surface area contributed by atoms with Gasteiger partial charge in [0.15, 0.2) is 0 Å². The highest BCUT2D eigenvalue weighted by Crippen LogP contribution is 2.28. The second-order valence-corrected chi connectivity index (χ2v) is 9.96. The Morgan fingerprint density at radius 3 is 2.39 bits per heavy atom. The van der Waals surface area contributed by atoms with E-state index in [-0.39, 0.29) is 5.91 Å². The van der Waals surface area contributed by atoms with Gasteiger partial charge in [-0.05, 0) is 49.0 Å². The number of anilines is 1. The lowest BCUT2D eigenvalue weighted by molar-refractivity contribution is 0.0664. The smallest absolute Gasteiger partial charge is 0.254 e. The summed E-state index contributed by atoms with van der Waals surface area (Å²) in [5.74, 6) is 1.38. The van der Waals surface area contributed by atoms with Crippen LogP contribution in [-0.2, 0) is 6.54 Å². The Balaban J connectivity index is 0.00000141. The number of nitrogens with one attached hydrogen (secondary N) is 2. The zero-order chi connectivity index (χ0) is 30.5. The molecule has 0 bridgehead atoms. The van der Waals surface area contributed by atoms with Crippen LogP contribution in [-0.4, -0.2) is 74.0 Å². The topological polar surface area (TPSA) is 112 Å². The van der Waals surface area contributed by atoms with E-state index in [0.29, 0.717) is 71.4 Å². The van der Waals surface area contributed by atoms with E-state index < -0.39 is 0 Å². The van der Waals surface area contributed by atoms with Crippen molar-refractivity contribution in [3.05, 3.63) is 81.0 Å². The third-order valence-corrected chi connectivity index (χ3v) is 7.10. The molecule has 2 heterocycles. The van der Waals surface area contributed by atoms with Crippen molar-refractivity contribution in [3.8, 4) is 5.75 Å². The van der Waals surface area contributed by atoms with Gasteiger partial charge < -0.3 is 41.5 Å². The molecule has 2 aromatic carbocycles. The number of carbonyl (C=O) groups excluding carboxylic acids is 1. The Labute approximate surface area is 255 Å². The summed E-state index contributed by atoms with van der Waals surface area (Å²) in [6.45, 7) is 13.0. The van der Waals surface area contributed by atoms with Crippen LogP contribution >= 0.6 is 23.2 Å². The molecule has 6 N–H and O–H groups in total. The average molecular weight is 607 g/mol. The molecule has 1 saturated heterocycles. The summed E-state index contributed by atoms with van der Waals surface area (Å²) in [5.41, 5.74) is 15.5. The van der Waals surface area contributed by atoms with Gasteiger partial charge in [0.25, 0.3) is 5.91 Å². The molecule has 2 aromatic rings. The van der Waals surface area contributed by atoms with Crippen LogP contribution in [0.15, 0.2) is 59.8 Å². The molecule has 11 heteroatoms. The van der Waals surface area contributed by atoms with Crippen LogP contribution < -0.4 is 26.8 Å². The molecule has 0 atom stereocenters. The quantitative estimate of drug-likeness (QED) is 0.353. The second-order valence-electron chi connectivity index (χ2n) is 9.12. The number of amides is 1. The van der Waals surface area contributed by atoms with Crippen LogP contribution in [0.2, 0.25) is 10.0 Å². The average Bonchev–Trinajstić information content (AvgIpc) is 2.99. The number of allylic oxidation sites excluding steroid dienone is 1. The zero-order valence-corrected chi connectivity index (χ0v) is 26.6. The minimum Gasteiger partial charge on any atom is -0.495 e. The third-order valence-electron chi connectivity index (χ3n) is 6.49. The number of likely N-dealkylation sites (N-methyl/N-ethyl adjacent to an activating group) is 1. The first-order valence-corrected chi connectivity index (χ1v) is 14.8. The number of methoxy groups -OCH3 is 1. The van der Waals surface area contributed by atoms with Crippen molar-refractivity contribution in [2.24, 2.45) is 11.5 Å². The first-order valence-electron chi connectivity index (χ1n) is 14.1. The lowest BCUT2D eigenvalue weighted by atomic mass is 10.1. The van der Waals surface area contributed by atoms with Gasteiger partial charge in [-0.25, -0.2) is 0 Å². The van der Waals surface area contributed by atoms with Gasteiger partial charge in [0, 0.05) is 67.5 Å². The van der Waals surface area contributed by atoms with Crippen LogP contribution in [0.5, 0.6) is 5.75 Å². The van der Waals surface area contributed by atoms with Crippen LogP contribution in [0.4, 0.5) is 5.69 Å². The first-order chi connectivity index (χ1) is 19.7. The van der Waals surface area contributed by atoms with E-state index in [9.17, 15) is 4.79 Å². The molecule has 0 unspecified atom stereocenters. The SMILES string of the molecule is CC.CC.COc1cc(C(=O)N2CCN(C)CC2)ccc1N/C(N)=C/C1=C(N)NCCN1Cc1cc(Cl)ccc1Cl. The Morgan fingerprint density at radius 1 is 1.05 bits per heavy atom. The Bertz CT molecular complexity index is 1210. The van der Waals surface area contributed by atoms with E-state index in [2.05, 4.69) is 27.5 Å². The summed E-state index contributed by atoms with van der Waals surface area (Å²) in [6, 6.07) is 10.7. The lowest BCUT2D eigenvalue weighted by Crippen LogP contribution is -2.47. The zero-order valence-electron chi connectivity index (χ0n) is 25.1. The van der Waals surface area contributed by atoms with Crippen molar-refractivity contribution in [3.63, 3.8) is 0 Å². The summed E-state index contributed by atoms with van der Waals surface area (Å²) >= 11 is 12.6. The van der Waals surface area contributed by atoms with E-state index in [0.717, 1.165) is 24.4 Å². The number of nitrogens with two attached hydrogens (primary N) is 2. The number of benzene rings is 2. The van der Waals surface area contributed by atoms with Gasteiger partial charge in [-0.1, -0.05) is 50.9 Å². The minimum atomic E-state index is -0.0111. The number of hydrogen-bond donors (Lipinski definition) is 4. The molecule has 9 nitrogen and oxygen atoms in total. The standard InChI is InChI=1S/C26H33Cl2N7O2.2C2H6/c1-33-9-11-34(12-10-33)26(36)17-3-6-21(23(14-17)37-2)32-24(29)15-22-25(30)31-7-8-35(22)16-18-13-19(27)4-5-20(18)28;2*1-2/h3-6,13-15,31-32H,7-12,16,29-30H2,1-2H3;2*1-2H3/b24-15+;;. The first kappa shape index (κ1) is 33.9. The number of nitrogens with zero attached hydrogens (tertiary/aromatic N) is 3. The van der Waals surface area contributed by atoms with Crippen molar-refractivity contribution in [2.75, 3.05) is 58.7 Å². The maximum absolute atomic E-state index is 13.0. The van der Waals surface area contributed by atoms with Gasteiger partial charge in [0.2, 0.25) is 0 Å². The van der Waals surface area contributed by atoms with Crippen molar-refractivity contribution in [1.82, 2.24) is 20.0 Å². The van der Waals surface area contributed by atoms with Crippen LogP contribution in [0.3, 0.4) is 0 Å². The van der Waals surface area contributed by atoms with Crippen molar-refractivity contribution in [1.29, 1.82) is 0 Å². The van der Waals surface area contributed by atoms with Gasteiger partial charge in [-0.3, -0.25) is 4.79 Å². The van der Waals surface area contributed by atoms with E-state index in [1.54, 1.807) is 43.5 Å². The predicted octanol–water partition coefficient (Wildman–Crippen LogP) is 4.89. The molecule has 1 fully saturated rings. The van der Waals surface area contributed by atoms with Gasteiger partial charge in [0.1, 0.15) is 17.4 Å². The largest absolute Gasteiger partial charge is 0.495 e. The highest BCUT2D eigenvalue weighted by molar-refractivity contribution is 6.33. The number of hydrogen-bond acceptors (Lipinski definition) is 8. The summed E-state index contributed by atoms with van der Waals surface area (Å²) in [7, 11) is 3.62. The Kier molecular flexibility index (Phi) is 14.0. The molecule has 0 spiro atoms. The van der Waals surface area contributed by atoms with E-state index in [1.807, 2.05) is 38.7 Å². The molecule has 226 valence electrons. The lowest BCUT2D eigenvalue weighted by Gasteiger charge is -2.32. The molecular formula is C30H45Cl2N7O2. The molecule has 0 aromatic heterocycles.